The van der Waals surface area contributed by atoms with Crippen LogP contribution in [0.4, 0.5) is 4.39 Å². The topological polar surface area (TPSA) is 53.5 Å². The van der Waals surface area contributed by atoms with Crippen LogP contribution in [-0.4, -0.2) is 30.8 Å². The zero-order valence-electron chi connectivity index (χ0n) is 16.1. The van der Waals surface area contributed by atoms with Crippen molar-refractivity contribution in [3.8, 4) is 5.75 Å². The molecular formula is C23H27FN2O2. The summed E-state index contributed by atoms with van der Waals surface area (Å²) in [5.74, 6) is 0.580. The van der Waals surface area contributed by atoms with Crippen molar-refractivity contribution in [3.05, 3.63) is 77.6 Å². The Hall–Kier alpha value is -2.47. The van der Waals surface area contributed by atoms with Gasteiger partial charge >= 0.3 is 0 Å². The highest BCUT2D eigenvalue weighted by Crippen LogP contribution is 2.28. The SMILES string of the molecule is C[C@H](O)CNCCNCc1c(OCc2ccc(F)cc2)ccc2ccccc12. The Balaban J connectivity index is 1.68. The van der Waals surface area contributed by atoms with E-state index in [2.05, 4.69) is 28.8 Å². The Morgan fingerprint density at radius 1 is 0.964 bits per heavy atom. The minimum Gasteiger partial charge on any atom is -0.489 e. The van der Waals surface area contributed by atoms with Crippen LogP contribution in [0.5, 0.6) is 5.75 Å². The van der Waals surface area contributed by atoms with Crippen LogP contribution in [0.15, 0.2) is 60.7 Å². The third-order valence-corrected chi connectivity index (χ3v) is 4.53. The second kappa shape index (κ2) is 10.2. The lowest BCUT2D eigenvalue weighted by Gasteiger charge is -2.15. The van der Waals surface area contributed by atoms with Crippen LogP contribution < -0.4 is 15.4 Å². The minimum atomic E-state index is -0.343. The molecule has 5 heteroatoms. The summed E-state index contributed by atoms with van der Waals surface area (Å²) in [6.45, 7) is 4.98. The Morgan fingerprint density at radius 2 is 1.71 bits per heavy atom. The number of benzene rings is 3. The van der Waals surface area contributed by atoms with Crippen molar-refractivity contribution in [1.29, 1.82) is 0 Å². The van der Waals surface area contributed by atoms with E-state index < -0.39 is 0 Å². The van der Waals surface area contributed by atoms with Crippen molar-refractivity contribution in [1.82, 2.24) is 10.6 Å². The van der Waals surface area contributed by atoms with Gasteiger partial charge < -0.3 is 20.5 Å². The van der Waals surface area contributed by atoms with Crippen molar-refractivity contribution in [2.24, 2.45) is 0 Å². The molecule has 0 heterocycles. The van der Waals surface area contributed by atoms with Gasteiger partial charge in [0, 0.05) is 31.7 Å². The van der Waals surface area contributed by atoms with E-state index in [-0.39, 0.29) is 11.9 Å². The molecule has 4 nitrogen and oxygen atoms in total. The van der Waals surface area contributed by atoms with Gasteiger partial charge in [0.05, 0.1) is 6.10 Å². The van der Waals surface area contributed by atoms with E-state index >= 15 is 0 Å². The molecule has 0 aliphatic rings. The molecule has 0 amide bonds. The Bertz CT molecular complexity index is 881. The van der Waals surface area contributed by atoms with E-state index in [9.17, 15) is 9.50 Å². The van der Waals surface area contributed by atoms with Gasteiger partial charge in [-0.05, 0) is 41.5 Å². The number of fused-ring (bicyclic) bond motifs is 1. The summed E-state index contributed by atoms with van der Waals surface area (Å²) in [7, 11) is 0. The van der Waals surface area contributed by atoms with E-state index in [0.29, 0.717) is 19.7 Å². The zero-order valence-corrected chi connectivity index (χ0v) is 16.1. The first kappa shape index (κ1) is 20.3. The molecule has 0 spiro atoms. The zero-order chi connectivity index (χ0) is 19.8. The summed E-state index contributed by atoms with van der Waals surface area (Å²) in [6, 6.07) is 18.7. The molecule has 0 aliphatic carbocycles. The van der Waals surface area contributed by atoms with Crippen LogP contribution in [-0.2, 0) is 13.2 Å². The molecule has 0 radical (unpaired) electrons. The molecule has 0 unspecified atom stereocenters. The van der Waals surface area contributed by atoms with Crippen molar-refractivity contribution in [2.75, 3.05) is 19.6 Å². The Labute approximate surface area is 165 Å². The van der Waals surface area contributed by atoms with E-state index in [1.807, 2.05) is 18.2 Å². The van der Waals surface area contributed by atoms with Gasteiger partial charge in [0.15, 0.2) is 0 Å². The Morgan fingerprint density at radius 3 is 2.50 bits per heavy atom. The molecule has 1 atom stereocenters. The van der Waals surface area contributed by atoms with E-state index in [0.717, 1.165) is 35.4 Å². The number of rotatable bonds is 10. The van der Waals surface area contributed by atoms with E-state index in [1.54, 1.807) is 19.1 Å². The predicted octanol–water partition coefficient (Wildman–Crippen LogP) is 3.62. The van der Waals surface area contributed by atoms with Crippen molar-refractivity contribution < 1.29 is 14.2 Å². The Kier molecular flexibility index (Phi) is 7.37. The number of halogens is 1. The summed E-state index contributed by atoms with van der Waals surface area (Å²) in [4.78, 5) is 0. The van der Waals surface area contributed by atoms with Crippen LogP contribution in [0.3, 0.4) is 0 Å². The average Bonchev–Trinajstić information content (AvgIpc) is 2.70. The van der Waals surface area contributed by atoms with E-state index in [4.69, 9.17) is 4.74 Å². The first-order valence-corrected chi connectivity index (χ1v) is 9.61. The molecular weight excluding hydrogens is 355 g/mol. The fourth-order valence-corrected chi connectivity index (χ4v) is 3.08. The van der Waals surface area contributed by atoms with Gasteiger partial charge in [0.2, 0.25) is 0 Å². The lowest BCUT2D eigenvalue weighted by molar-refractivity contribution is 0.191. The average molecular weight is 382 g/mol. The smallest absolute Gasteiger partial charge is 0.124 e. The standard InChI is InChI=1S/C23H27FN2O2/c1-17(27)14-25-12-13-26-15-22-21-5-3-2-4-19(21)8-11-23(22)28-16-18-6-9-20(24)10-7-18/h2-11,17,25-27H,12-16H2,1H3/t17-/m0/s1. The molecule has 3 aromatic rings. The molecule has 0 bridgehead atoms. The number of nitrogens with one attached hydrogen (secondary N) is 2. The predicted molar refractivity (Wildman–Crippen MR) is 111 cm³/mol. The molecule has 0 aliphatic heterocycles. The maximum Gasteiger partial charge on any atom is 0.124 e. The molecule has 0 aromatic heterocycles. The highest BCUT2D eigenvalue weighted by Gasteiger charge is 2.09. The molecule has 3 aromatic carbocycles. The summed E-state index contributed by atoms with van der Waals surface area (Å²) < 4.78 is 19.2. The highest BCUT2D eigenvalue weighted by molar-refractivity contribution is 5.87. The molecule has 3 N–H and O–H groups in total. The molecule has 148 valence electrons. The van der Waals surface area contributed by atoms with Crippen LogP contribution in [0.25, 0.3) is 10.8 Å². The molecule has 0 saturated heterocycles. The largest absolute Gasteiger partial charge is 0.489 e. The number of aliphatic hydroxyl groups is 1. The maximum atomic E-state index is 13.1. The second-order valence-corrected chi connectivity index (χ2v) is 6.91. The van der Waals surface area contributed by atoms with Crippen LogP contribution in [0.2, 0.25) is 0 Å². The van der Waals surface area contributed by atoms with Gasteiger partial charge in [-0.3, -0.25) is 0 Å². The molecule has 0 saturated carbocycles. The van der Waals surface area contributed by atoms with Crippen LogP contribution in [0, 0.1) is 5.82 Å². The molecule has 0 fully saturated rings. The van der Waals surface area contributed by atoms with Gasteiger partial charge in [0.1, 0.15) is 18.2 Å². The first-order valence-electron chi connectivity index (χ1n) is 9.61. The minimum absolute atomic E-state index is 0.247. The molecule has 3 rings (SSSR count). The third kappa shape index (κ3) is 5.76. The third-order valence-electron chi connectivity index (χ3n) is 4.53. The maximum absolute atomic E-state index is 13.1. The first-order chi connectivity index (χ1) is 13.6. The summed E-state index contributed by atoms with van der Waals surface area (Å²) in [5, 5.41) is 18.3. The van der Waals surface area contributed by atoms with Gasteiger partial charge in [-0.1, -0.05) is 42.5 Å². The summed E-state index contributed by atoms with van der Waals surface area (Å²) in [6.07, 6.45) is -0.343. The second-order valence-electron chi connectivity index (χ2n) is 6.91. The fourth-order valence-electron chi connectivity index (χ4n) is 3.08. The quantitative estimate of drug-likeness (QED) is 0.469. The van der Waals surface area contributed by atoms with Gasteiger partial charge in [-0.15, -0.1) is 0 Å². The summed E-state index contributed by atoms with van der Waals surface area (Å²) >= 11 is 0. The monoisotopic (exact) mass is 382 g/mol. The number of hydrogen-bond donors (Lipinski definition) is 3. The van der Waals surface area contributed by atoms with Gasteiger partial charge in [0.25, 0.3) is 0 Å². The highest BCUT2D eigenvalue weighted by atomic mass is 19.1. The fraction of sp³-hybridized carbons (Fsp3) is 0.304. The van der Waals surface area contributed by atoms with Crippen molar-refractivity contribution in [3.63, 3.8) is 0 Å². The van der Waals surface area contributed by atoms with E-state index in [1.165, 1.54) is 17.5 Å². The van der Waals surface area contributed by atoms with Crippen molar-refractivity contribution in [2.45, 2.75) is 26.2 Å². The normalized spacial score (nSPS) is 12.2. The van der Waals surface area contributed by atoms with Crippen molar-refractivity contribution >= 4 is 10.8 Å². The summed E-state index contributed by atoms with van der Waals surface area (Å²) in [5.41, 5.74) is 2.03. The van der Waals surface area contributed by atoms with Crippen LogP contribution in [0.1, 0.15) is 18.1 Å². The lowest BCUT2D eigenvalue weighted by Crippen LogP contribution is -2.31. The number of ether oxygens (including phenoxy) is 1. The number of aliphatic hydroxyl groups excluding tert-OH is 1. The lowest BCUT2D eigenvalue weighted by atomic mass is 10.0. The molecule has 28 heavy (non-hydrogen) atoms. The van der Waals surface area contributed by atoms with Crippen LogP contribution >= 0.6 is 0 Å². The van der Waals surface area contributed by atoms with Gasteiger partial charge in [-0.25, -0.2) is 4.39 Å². The van der Waals surface area contributed by atoms with Gasteiger partial charge in [-0.2, -0.15) is 0 Å². The number of hydrogen-bond acceptors (Lipinski definition) is 4.